The van der Waals surface area contributed by atoms with E-state index in [2.05, 4.69) is 31.7 Å². The van der Waals surface area contributed by atoms with Crippen LogP contribution in [0.2, 0.25) is 0 Å². The summed E-state index contributed by atoms with van der Waals surface area (Å²) < 4.78 is 6.78. The number of methoxy groups -OCH3 is 1. The van der Waals surface area contributed by atoms with Crippen LogP contribution < -0.4 is 0 Å². The van der Waals surface area contributed by atoms with Crippen molar-refractivity contribution in [3.63, 3.8) is 0 Å². The van der Waals surface area contributed by atoms with Crippen LogP contribution in [0.5, 0.6) is 0 Å². The maximum atomic E-state index is 11.1. The van der Waals surface area contributed by atoms with Crippen molar-refractivity contribution in [1.82, 2.24) is 14.7 Å². The first kappa shape index (κ1) is 15.0. The zero-order valence-corrected chi connectivity index (χ0v) is 12.5. The van der Waals surface area contributed by atoms with Crippen LogP contribution in [0.1, 0.15) is 50.3 Å². The van der Waals surface area contributed by atoms with E-state index in [1.165, 1.54) is 39.2 Å². The monoisotopic (exact) mass is 279 g/mol. The molecule has 1 aliphatic rings. The highest BCUT2D eigenvalue weighted by Gasteiger charge is 2.16. The number of nitrogens with zero attached hydrogens (tertiary/aromatic N) is 3. The summed E-state index contributed by atoms with van der Waals surface area (Å²) in [6.45, 7) is 1.47. The highest BCUT2D eigenvalue weighted by molar-refractivity contribution is 5.69. The van der Waals surface area contributed by atoms with Crippen LogP contribution in [0.25, 0.3) is 0 Å². The van der Waals surface area contributed by atoms with Crippen LogP contribution >= 0.6 is 0 Å². The molecule has 1 aliphatic carbocycles. The number of esters is 1. The van der Waals surface area contributed by atoms with Crippen molar-refractivity contribution in [2.75, 3.05) is 20.7 Å². The van der Waals surface area contributed by atoms with Gasteiger partial charge in [0.15, 0.2) is 0 Å². The normalized spacial score (nSPS) is 16.6. The first-order valence-electron chi connectivity index (χ1n) is 7.48. The first-order chi connectivity index (χ1) is 9.69. The fraction of sp³-hybridized carbons (Fsp3) is 0.733. The van der Waals surface area contributed by atoms with Crippen LogP contribution in [-0.2, 0) is 16.1 Å². The van der Waals surface area contributed by atoms with Gasteiger partial charge in [0.2, 0.25) is 0 Å². The van der Waals surface area contributed by atoms with E-state index in [1.807, 2.05) is 7.05 Å². The van der Waals surface area contributed by atoms with E-state index in [9.17, 15) is 4.79 Å². The van der Waals surface area contributed by atoms with Crippen LogP contribution in [0.4, 0.5) is 0 Å². The van der Waals surface area contributed by atoms with Gasteiger partial charge in [0, 0.05) is 19.3 Å². The Bertz CT molecular complexity index is 425. The number of hydrogen-bond acceptors (Lipinski definition) is 4. The molecule has 1 saturated carbocycles. The number of ether oxygens (including phenoxy) is 1. The molecule has 1 aromatic rings. The van der Waals surface area contributed by atoms with Crippen LogP contribution in [0, 0.1) is 0 Å². The molecule has 112 valence electrons. The lowest BCUT2D eigenvalue weighted by atomic mass is 9.96. The average molecular weight is 279 g/mol. The molecule has 0 saturated heterocycles. The molecule has 0 N–H and O–H groups in total. The Hall–Kier alpha value is -1.36. The molecule has 0 atom stereocenters. The SMILES string of the molecule is COC(=O)CCN(C)Cc1ccn(C2CCCCC2)n1. The Morgan fingerprint density at radius 2 is 2.20 bits per heavy atom. The highest BCUT2D eigenvalue weighted by Crippen LogP contribution is 2.27. The van der Waals surface area contributed by atoms with E-state index in [0.29, 0.717) is 19.0 Å². The number of aromatic nitrogens is 2. The molecule has 0 amide bonds. The largest absolute Gasteiger partial charge is 0.469 e. The molecule has 0 radical (unpaired) electrons. The smallest absolute Gasteiger partial charge is 0.306 e. The second-order valence-electron chi connectivity index (χ2n) is 5.64. The van der Waals surface area contributed by atoms with E-state index >= 15 is 0 Å². The van der Waals surface area contributed by atoms with Gasteiger partial charge in [-0.1, -0.05) is 19.3 Å². The highest BCUT2D eigenvalue weighted by atomic mass is 16.5. The van der Waals surface area contributed by atoms with Gasteiger partial charge in [0.1, 0.15) is 0 Å². The molecule has 5 nitrogen and oxygen atoms in total. The topological polar surface area (TPSA) is 47.4 Å². The second-order valence-corrected chi connectivity index (χ2v) is 5.64. The van der Waals surface area contributed by atoms with Crippen molar-refractivity contribution in [1.29, 1.82) is 0 Å². The molecule has 0 unspecified atom stereocenters. The third-order valence-corrected chi connectivity index (χ3v) is 3.97. The lowest BCUT2D eigenvalue weighted by Gasteiger charge is -2.22. The van der Waals surface area contributed by atoms with Gasteiger partial charge in [-0.25, -0.2) is 0 Å². The summed E-state index contributed by atoms with van der Waals surface area (Å²) in [5.74, 6) is -0.162. The third-order valence-electron chi connectivity index (χ3n) is 3.97. The van der Waals surface area contributed by atoms with Gasteiger partial charge in [-0.05, 0) is 26.0 Å². The van der Waals surface area contributed by atoms with Crippen LogP contribution in [0.3, 0.4) is 0 Å². The molecule has 0 aromatic carbocycles. The van der Waals surface area contributed by atoms with Gasteiger partial charge >= 0.3 is 5.97 Å². The van der Waals surface area contributed by atoms with E-state index in [0.717, 1.165) is 12.2 Å². The molecule has 1 aromatic heterocycles. The van der Waals surface area contributed by atoms with Gasteiger partial charge < -0.3 is 4.74 Å². The summed E-state index contributed by atoms with van der Waals surface area (Å²) in [5.41, 5.74) is 1.07. The zero-order chi connectivity index (χ0) is 14.4. The fourth-order valence-electron chi connectivity index (χ4n) is 2.75. The van der Waals surface area contributed by atoms with Crippen molar-refractivity contribution < 1.29 is 9.53 Å². The van der Waals surface area contributed by atoms with Gasteiger partial charge in [0.25, 0.3) is 0 Å². The minimum absolute atomic E-state index is 0.162. The standard InChI is InChI=1S/C15H25N3O2/c1-17(10-9-15(19)20-2)12-13-8-11-18(16-13)14-6-4-3-5-7-14/h8,11,14H,3-7,9-10,12H2,1-2H3. The lowest BCUT2D eigenvalue weighted by Crippen LogP contribution is -2.22. The number of hydrogen-bond donors (Lipinski definition) is 0. The summed E-state index contributed by atoms with van der Waals surface area (Å²) in [6.07, 6.45) is 9.02. The molecule has 20 heavy (non-hydrogen) atoms. The minimum Gasteiger partial charge on any atom is -0.469 e. The zero-order valence-electron chi connectivity index (χ0n) is 12.5. The average Bonchev–Trinajstić information content (AvgIpc) is 2.94. The van der Waals surface area contributed by atoms with Gasteiger partial charge in [0.05, 0.1) is 25.3 Å². The minimum atomic E-state index is -0.162. The summed E-state index contributed by atoms with van der Waals surface area (Å²) in [7, 11) is 3.43. The summed E-state index contributed by atoms with van der Waals surface area (Å²) in [5, 5.41) is 4.68. The molecule has 1 heterocycles. The lowest BCUT2D eigenvalue weighted by molar-refractivity contribution is -0.140. The van der Waals surface area contributed by atoms with Crippen molar-refractivity contribution in [2.45, 2.75) is 51.1 Å². The summed E-state index contributed by atoms with van der Waals surface area (Å²) >= 11 is 0. The number of carbonyl (C=O) groups is 1. The quantitative estimate of drug-likeness (QED) is 0.750. The van der Waals surface area contributed by atoms with Crippen molar-refractivity contribution >= 4 is 5.97 Å². The molecule has 1 fully saturated rings. The predicted octanol–water partition coefficient (Wildman–Crippen LogP) is 2.38. The van der Waals surface area contributed by atoms with Crippen molar-refractivity contribution in [3.05, 3.63) is 18.0 Å². The Morgan fingerprint density at radius 3 is 2.90 bits per heavy atom. The Labute approximate surface area is 120 Å². The molecule has 2 rings (SSSR count). The number of carbonyl (C=O) groups excluding carboxylic acids is 1. The second kappa shape index (κ2) is 7.43. The summed E-state index contributed by atoms with van der Waals surface area (Å²) in [4.78, 5) is 13.2. The molecule has 5 heteroatoms. The van der Waals surface area contributed by atoms with E-state index < -0.39 is 0 Å². The third kappa shape index (κ3) is 4.34. The predicted molar refractivity (Wildman–Crippen MR) is 77.3 cm³/mol. The first-order valence-corrected chi connectivity index (χ1v) is 7.48. The summed E-state index contributed by atoms with van der Waals surface area (Å²) in [6, 6.07) is 2.67. The van der Waals surface area contributed by atoms with Crippen molar-refractivity contribution in [3.8, 4) is 0 Å². The van der Waals surface area contributed by atoms with Crippen LogP contribution in [0.15, 0.2) is 12.3 Å². The Kier molecular flexibility index (Phi) is 5.59. The van der Waals surface area contributed by atoms with Gasteiger partial charge in [-0.3, -0.25) is 14.4 Å². The van der Waals surface area contributed by atoms with Crippen molar-refractivity contribution in [2.24, 2.45) is 0 Å². The van der Waals surface area contributed by atoms with E-state index in [4.69, 9.17) is 0 Å². The molecule has 0 bridgehead atoms. The maximum absolute atomic E-state index is 11.1. The molecular weight excluding hydrogens is 254 g/mol. The number of rotatable bonds is 6. The Morgan fingerprint density at radius 1 is 1.45 bits per heavy atom. The molecular formula is C15H25N3O2. The van der Waals surface area contributed by atoms with Gasteiger partial charge in [-0.15, -0.1) is 0 Å². The van der Waals surface area contributed by atoms with E-state index in [-0.39, 0.29) is 5.97 Å². The fourth-order valence-corrected chi connectivity index (χ4v) is 2.75. The van der Waals surface area contributed by atoms with E-state index in [1.54, 1.807) is 0 Å². The van der Waals surface area contributed by atoms with Gasteiger partial charge in [-0.2, -0.15) is 5.10 Å². The Balaban J connectivity index is 1.81. The molecule has 0 aliphatic heterocycles. The van der Waals surface area contributed by atoms with Crippen LogP contribution in [-0.4, -0.2) is 41.4 Å². The maximum Gasteiger partial charge on any atom is 0.306 e. The molecule has 0 spiro atoms.